The predicted molar refractivity (Wildman–Crippen MR) is 108 cm³/mol. The number of ether oxygens (including phenoxy) is 1. The molecule has 0 fully saturated rings. The van der Waals surface area contributed by atoms with Crippen molar-refractivity contribution in [1.82, 2.24) is 0 Å². The van der Waals surface area contributed by atoms with Gasteiger partial charge < -0.3 is 4.74 Å². The number of anilines is 1. The van der Waals surface area contributed by atoms with Crippen LogP contribution in [0.5, 0.6) is 5.75 Å². The molecule has 1 amide bonds. The lowest BCUT2D eigenvalue weighted by molar-refractivity contribution is 0.215. The SMILES string of the molecule is O=C(Nc1ccc(I)c(C#Cc2ccc(F)cc2)c1)Oc1ccccc1. The maximum absolute atomic E-state index is 12.9. The number of halogens is 2. The van der Waals surface area contributed by atoms with Gasteiger partial charge in [0.2, 0.25) is 0 Å². The average Bonchev–Trinajstić information content (AvgIpc) is 2.64. The summed E-state index contributed by atoms with van der Waals surface area (Å²) in [6.07, 6.45) is -0.574. The third-order valence-corrected chi connectivity index (χ3v) is 4.29. The second-order valence-electron chi connectivity index (χ2n) is 5.28. The summed E-state index contributed by atoms with van der Waals surface area (Å²) in [7, 11) is 0. The molecule has 0 atom stereocenters. The van der Waals surface area contributed by atoms with Gasteiger partial charge in [-0.05, 0) is 77.2 Å². The van der Waals surface area contributed by atoms with Gasteiger partial charge in [-0.3, -0.25) is 5.32 Å². The van der Waals surface area contributed by atoms with Crippen molar-refractivity contribution in [3.05, 3.63) is 93.3 Å². The summed E-state index contributed by atoms with van der Waals surface area (Å²) in [5, 5.41) is 2.68. The topological polar surface area (TPSA) is 38.3 Å². The van der Waals surface area contributed by atoms with E-state index in [2.05, 4.69) is 39.7 Å². The van der Waals surface area contributed by atoms with Crippen molar-refractivity contribution in [1.29, 1.82) is 0 Å². The molecule has 0 radical (unpaired) electrons. The van der Waals surface area contributed by atoms with Crippen molar-refractivity contribution in [2.75, 3.05) is 5.32 Å². The highest BCUT2D eigenvalue weighted by atomic mass is 127. The monoisotopic (exact) mass is 457 g/mol. The van der Waals surface area contributed by atoms with Gasteiger partial charge in [0.25, 0.3) is 0 Å². The van der Waals surface area contributed by atoms with E-state index in [1.807, 2.05) is 12.1 Å². The van der Waals surface area contributed by atoms with Gasteiger partial charge in [0, 0.05) is 20.4 Å². The maximum Gasteiger partial charge on any atom is 0.417 e. The Morgan fingerprint density at radius 3 is 2.42 bits per heavy atom. The van der Waals surface area contributed by atoms with Crippen molar-refractivity contribution >= 4 is 34.4 Å². The van der Waals surface area contributed by atoms with E-state index in [0.717, 1.165) is 9.13 Å². The van der Waals surface area contributed by atoms with E-state index in [0.29, 0.717) is 17.0 Å². The molecule has 3 nitrogen and oxygen atoms in total. The maximum atomic E-state index is 12.9. The Hall–Kier alpha value is -2.85. The summed E-state index contributed by atoms with van der Waals surface area (Å²) in [5.41, 5.74) is 2.05. The first-order valence-electron chi connectivity index (χ1n) is 7.71. The van der Waals surface area contributed by atoms with Crippen LogP contribution in [0, 0.1) is 21.2 Å². The van der Waals surface area contributed by atoms with Gasteiger partial charge in [0.05, 0.1) is 0 Å². The smallest absolute Gasteiger partial charge is 0.410 e. The standard InChI is InChI=1S/C21H13FINO2/c22-17-10-7-15(8-11-17)6-9-16-14-18(12-13-20(16)23)24-21(25)26-19-4-2-1-3-5-19/h1-5,7-8,10-14H,(H,24,25). The van der Waals surface area contributed by atoms with Crippen LogP contribution in [-0.4, -0.2) is 6.09 Å². The van der Waals surface area contributed by atoms with Crippen molar-refractivity contribution in [3.8, 4) is 17.6 Å². The zero-order valence-electron chi connectivity index (χ0n) is 13.5. The van der Waals surface area contributed by atoms with Crippen LogP contribution < -0.4 is 10.1 Å². The Morgan fingerprint density at radius 1 is 0.962 bits per heavy atom. The molecule has 0 aromatic heterocycles. The fraction of sp³-hybridized carbons (Fsp3) is 0. The highest BCUT2D eigenvalue weighted by molar-refractivity contribution is 14.1. The number of benzene rings is 3. The zero-order chi connectivity index (χ0) is 18.4. The van der Waals surface area contributed by atoms with E-state index in [9.17, 15) is 9.18 Å². The van der Waals surface area contributed by atoms with Gasteiger partial charge in [-0.25, -0.2) is 9.18 Å². The summed E-state index contributed by atoms with van der Waals surface area (Å²) in [6, 6.07) is 20.2. The molecule has 26 heavy (non-hydrogen) atoms. The third-order valence-electron chi connectivity index (χ3n) is 3.35. The molecule has 0 aliphatic carbocycles. The molecule has 0 saturated carbocycles. The predicted octanol–water partition coefficient (Wildman–Crippen LogP) is 5.44. The minimum atomic E-state index is -0.574. The van der Waals surface area contributed by atoms with E-state index in [1.54, 1.807) is 48.5 Å². The molecular weight excluding hydrogens is 444 g/mol. The molecule has 1 N–H and O–H groups in total. The number of para-hydroxylation sites is 1. The van der Waals surface area contributed by atoms with Gasteiger partial charge in [-0.1, -0.05) is 30.0 Å². The van der Waals surface area contributed by atoms with E-state index in [-0.39, 0.29) is 5.82 Å². The first-order valence-corrected chi connectivity index (χ1v) is 8.79. The van der Waals surface area contributed by atoms with Gasteiger partial charge in [0.1, 0.15) is 11.6 Å². The second kappa shape index (κ2) is 8.50. The van der Waals surface area contributed by atoms with Crippen LogP contribution in [0.2, 0.25) is 0 Å². The van der Waals surface area contributed by atoms with E-state index in [4.69, 9.17) is 4.74 Å². The first-order chi connectivity index (χ1) is 12.6. The van der Waals surface area contributed by atoms with Gasteiger partial charge in [-0.2, -0.15) is 0 Å². The zero-order valence-corrected chi connectivity index (χ0v) is 15.7. The number of carbonyl (C=O) groups excluding carboxylic acids is 1. The average molecular weight is 457 g/mol. The Labute approximate surface area is 164 Å². The fourth-order valence-electron chi connectivity index (χ4n) is 2.11. The van der Waals surface area contributed by atoms with Crippen LogP contribution in [0.25, 0.3) is 0 Å². The van der Waals surface area contributed by atoms with Crippen molar-refractivity contribution in [2.45, 2.75) is 0 Å². The molecule has 128 valence electrons. The van der Waals surface area contributed by atoms with Crippen molar-refractivity contribution in [3.63, 3.8) is 0 Å². The molecule has 0 saturated heterocycles. The van der Waals surface area contributed by atoms with E-state index in [1.165, 1.54) is 12.1 Å². The quantitative estimate of drug-likeness (QED) is 0.411. The minimum absolute atomic E-state index is 0.298. The molecule has 0 aliphatic rings. The summed E-state index contributed by atoms with van der Waals surface area (Å²) in [4.78, 5) is 12.0. The Morgan fingerprint density at radius 2 is 1.69 bits per heavy atom. The third kappa shape index (κ3) is 5.07. The lowest BCUT2D eigenvalue weighted by Gasteiger charge is -2.07. The van der Waals surface area contributed by atoms with Gasteiger partial charge >= 0.3 is 6.09 Å². The van der Waals surface area contributed by atoms with E-state index < -0.39 is 6.09 Å². The highest BCUT2D eigenvalue weighted by Crippen LogP contribution is 2.18. The Bertz CT molecular complexity index is 976. The van der Waals surface area contributed by atoms with Crippen LogP contribution in [0.3, 0.4) is 0 Å². The molecule has 3 aromatic carbocycles. The molecule has 0 aliphatic heterocycles. The number of carbonyl (C=O) groups is 1. The molecule has 0 bridgehead atoms. The van der Waals surface area contributed by atoms with Gasteiger partial charge in [0.15, 0.2) is 0 Å². The van der Waals surface area contributed by atoms with Crippen LogP contribution in [0.15, 0.2) is 72.8 Å². The lowest BCUT2D eigenvalue weighted by Crippen LogP contribution is -2.16. The summed E-state index contributed by atoms with van der Waals surface area (Å²) in [6.45, 7) is 0. The lowest BCUT2D eigenvalue weighted by atomic mass is 10.1. The number of nitrogens with one attached hydrogen (secondary N) is 1. The number of hydrogen-bond acceptors (Lipinski definition) is 2. The summed E-state index contributed by atoms with van der Waals surface area (Å²) in [5.74, 6) is 6.19. The van der Waals surface area contributed by atoms with Crippen LogP contribution in [0.4, 0.5) is 14.9 Å². The van der Waals surface area contributed by atoms with Crippen LogP contribution >= 0.6 is 22.6 Å². The van der Waals surface area contributed by atoms with Gasteiger partial charge in [-0.15, -0.1) is 0 Å². The molecule has 0 spiro atoms. The number of rotatable bonds is 2. The van der Waals surface area contributed by atoms with Crippen LogP contribution in [0.1, 0.15) is 11.1 Å². The van der Waals surface area contributed by atoms with Crippen LogP contribution in [-0.2, 0) is 0 Å². The number of amides is 1. The summed E-state index contributed by atoms with van der Waals surface area (Å²) < 4.78 is 19.1. The molecule has 3 aromatic rings. The molecule has 0 unspecified atom stereocenters. The fourth-order valence-corrected chi connectivity index (χ4v) is 2.58. The minimum Gasteiger partial charge on any atom is -0.410 e. The summed E-state index contributed by atoms with van der Waals surface area (Å²) >= 11 is 2.17. The highest BCUT2D eigenvalue weighted by Gasteiger charge is 2.06. The van der Waals surface area contributed by atoms with Crippen molar-refractivity contribution < 1.29 is 13.9 Å². The first kappa shape index (κ1) is 18.0. The largest absolute Gasteiger partial charge is 0.417 e. The van der Waals surface area contributed by atoms with E-state index >= 15 is 0 Å². The van der Waals surface area contributed by atoms with Crippen molar-refractivity contribution in [2.24, 2.45) is 0 Å². The second-order valence-corrected chi connectivity index (χ2v) is 6.44. The molecule has 5 heteroatoms. The molecule has 0 heterocycles. The Balaban J connectivity index is 1.73. The normalized spacial score (nSPS) is 9.77. The molecule has 3 rings (SSSR count). The molecular formula is C21H13FINO2. The Kier molecular flexibility index (Phi) is 5.87. The number of hydrogen-bond donors (Lipinski definition) is 1.